The number of anilines is 3. The third kappa shape index (κ3) is 8.79. The Morgan fingerprint density at radius 1 is 0.868 bits per heavy atom. The molecule has 5 aromatic rings. The number of piperazine rings is 1. The van der Waals surface area contributed by atoms with Crippen LogP contribution in [0.15, 0.2) is 71.8 Å². The van der Waals surface area contributed by atoms with E-state index in [2.05, 4.69) is 46.0 Å². The zero-order chi connectivity index (χ0) is 47.3. The number of benzene rings is 3. The Morgan fingerprint density at radius 3 is 2.37 bits per heavy atom. The molecule has 0 saturated carbocycles. The van der Waals surface area contributed by atoms with Gasteiger partial charge in [0.25, 0.3) is 11.5 Å². The van der Waals surface area contributed by atoms with E-state index < -0.39 is 51.0 Å². The van der Waals surface area contributed by atoms with Crippen LogP contribution >= 0.6 is 0 Å². The third-order valence-corrected chi connectivity index (χ3v) is 14.9. The van der Waals surface area contributed by atoms with Crippen molar-refractivity contribution in [3.8, 4) is 23.4 Å². The van der Waals surface area contributed by atoms with Crippen LogP contribution in [0.25, 0.3) is 16.7 Å². The molecule has 352 valence electrons. The zero-order valence-electron chi connectivity index (χ0n) is 36.7. The largest absolute Gasteiger partial charge is 0.453 e. The van der Waals surface area contributed by atoms with Crippen molar-refractivity contribution in [3.05, 3.63) is 99.9 Å². The van der Waals surface area contributed by atoms with Gasteiger partial charge in [0, 0.05) is 83.1 Å². The molecule has 10 rings (SSSR count). The Bertz CT molecular complexity index is 3040. The van der Waals surface area contributed by atoms with E-state index in [1.165, 1.54) is 29.1 Å². The first kappa shape index (κ1) is 44.7. The van der Waals surface area contributed by atoms with Gasteiger partial charge in [0.1, 0.15) is 35.9 Å². The summed E-state index contributed by atoms with van der Waals surface area (Å²) in [7, 11) is -4.25. The lowest BCUT2D eigenvalue weighted by Crippen LogP contribution is -2.52. The van der Waals surface area contributed by atoms with Gasteiger partial charge < -0.3 is 19.4 Å². The quantitative estimate of drug-likeness (QED) is 0.181. The van der Waals surface area contributed by atoms with Gasteiger partial charge in [-0.1, -0.05) is 0 Å². The van der Waals surface area contributed by atoms with Crippen LogP contribution in [-0.2, 0) is 26.3 Å². The predicted molar refractivity (Wildman–Crippen MR) is 244 cm³/mol. The van der Waals surface area contributed by atoms with Crippen molar-refractivity contribution in [1.29, 1.82) is 5.26 Å². The fraction of sp³-hybridized carbons (Fsp3) is 0.391. The van der Waals surface area contributed by atoms with E-state index in [4.69, 9.17) is 4.74 Å². The van der Waals surface area contributed by atoms with Gasteiger partial charge in [0.05, 0.1) is 16.6 Å². The van der Waals surface area contributed by atoms with E-state index in [0.717, 1.165) is 86.3 Å². The molecule has 22 heteroatoms. The van der Waals surface area contributed by atoms with Crippen molar-refractivity contribution in [1.82, 2.24) is 39.2 Å². The summed E-state index contributed by atoms with van der Waals surface area (Å²) in [4.78, 5) is 64.1. The van der Waals surface area contributed by atoms with Crippen molar-refractivity contribution >= 4 is 56.0 Å². The summed E-state index contributed by atoms with van der Waals surface area (Å²) in [6.45, 7) is 5.95. The van der Waals surface area contributed by atoms with Gasteiger partial charge in [0.15, 0.2) is 23.2 Å². The summed E-state index contributed by atoms with van der Waals surface area (Å²) in [6, 6.07) is 16.8. The SMILES string of the molecule is N#Cc1c(NS(=O)(=O)N2CC[C@@H](F)C2)ccc(F)c1Oc1ccc2ncn(-c3ccc(N4CCN(CC5CCN(c6ccc7c(c6)CN(C6CCC(=O)NC6=O)C7=O)CC5)CC4)nn3)c(=O)c2c1. The molecule has 2 N–H and O–H groups in total. The van der Waals surface area contributed by atoms with E-state index in [9.17, 15) is 37.2 Å². The first-order chi connectivity index (χ1) is 32.8. The van der Waals surface area contributed by atoms with Crippen molar-refractivity contribution in [2.45, 2.75) is 50.9 Å². The topological polar surface area (TPSA) is 219 Å². The van der Waals surface area contributed by atoms with E-state index in [1.807, 2.05) is 12.1 Å². The Labute approximate surface area is 389 Å². The van der Waals surface area contributed by atoms with Crippen LogP contribution in [0.2, 0.25) is 0 Å². The number of hydrogen-bond acceptors (Lipinski definition) is 14. The number of nitrogens with zero attached hydrogens (tertiary/aromatic N) is 10. The van der Waals surface area contributed by atoms with E-state index in [1.54, 1.807) is 23.1 Å². The standard InChI is InChI=1S/C46H46F2N12O7S/c47-30-13-16-58(26-30)68(65,66)54-38-6-4-36(48)43(35(38)23-49)67-32-2-5-37-34(22-32)46(64)60(27-50-37)41-9-8-40(52-53-41)57-19-17-55(18-20-57)24-28-11-14-56(15-12-28)31-1-3-33-29(21-31)25-59(45(33)63)39-7-10-42(61)51-44(39)62/h1-6,8-9,21-22,27-28,30,39,54H,7,10-20,24-26H2,(H,51,61,62)/t30-,39?/m1/s1. The number of fused-ring (bicyclic) bond motifs is 2. The van der Waals surface area contributed by atoms with Crippen molar-refractivity contribution < 1.29 is 36.3 Å². The van der Waals surface area contributed by atoms with Gasteiger partial charge in [-0.15, -0.1) is 10.2 Å². The number of hydrogen-bond donors (Lipinski definition) is 2. The number of carbonyl (C=O) groups is 3. The molecule has 5 aliphatic heterocycles. The number of nitriles is 1. The van der Waals surface area contributed by atoms with Crippen LogP contribution in [-0.4, -0.2) is 131 Å². The van der Waals surface area contributed by atoms with Gasteiger partial charge >= 0.3 is 10.2 Å². The van der Waals surface area contributed by atoms with Gasteiger partial charge in [-0.05, 0) is 97.8 Å². The highest BCUT2D eigenvalue weighted by Gasteiger charge is 2.39. The third-order valence-electron chi connectivity index (χ3n) is 13.4. The molecule has 1 unspecified atom stereocenters. The van der Waals surface area contributed by atoms with E-state index in [-0.39, 0.29) is 60.4 Å². The molecule has 2 atom stereocenters. The number of alkyl halides is 1. The zero-order valence-corrected chi connectivity index (χ0v) is 37.5. The number of aromatic nitrogens is 4. The van der Waals surface area contributed by atoms with Crippen LogP contribution in [0.5, 0.6) is 11.5 Å². The lowest BCUT2D eigenvalue weighted by atomic mass is 9.95. The van der Waals surface area contributed by atoms with Gasteiger partial charge in [-0.2, -0.15) is 18.0 Å². The molecule has 0 spiro atoms. The van der Waals surface area contributed by atoms with Crippen molar-refractivity contribution in [3.63, 3.8) is 0 Å². The van der Waals surface area contributed by atoms with Crippen LogP contribution in [0.1, 0.15) is 53.6 Å². The van der Waals surface area contributed by atoms with Crippen LogP contribution in [0.4, 0.5) is 26.0 Å². The fourth-order valence-corrected chi connectivity index (χ4v) is 11.0. The summed E-state index contributed by atoms with van der Waals surface area (Å²) in [6.07, 6.45) is 2.68. The molecule has 3 amide bonds. The molecule has 2 aromatic heterocycles. The number of halogens is 2. The fourth-order valence-electron chi connectivity index (χ4n) is 9.68. The number of rotatable bonds is 11. The summed E-state index contributed by atoms with van der Waals surface area (Å²) in [5, 5.41) is 21.2. The van der Waals surface area contributed by atoms with Crippen molar-refractivity contribution in [2.24, 2.45) is 5.92 Å². The summed E-state index contributed by atoms with van der Waals surface area (Å²) < 4.78 is 64.9. The maximum atomic E-state index is 15.2. The maximum absolute atomic E-state index is 15.2. The summed E-state index contributed by atoms with van der Waals surface area (Å²) in [5.41, 5.74) is 1.68. The monoisotopic (exact) mass is 948 g/mol. The van der Waals surface area contributed by atoms with Crippen LogP contribution in [0.3, 0.4) is 0 Å². The Balaban J connectivity index is 0.733. The molecule has 0 radical (unpaired) electrons. The number of amides is 3. The van der Waals surface area contributed by atoms with E-state index in [0.29, 0.717) is 35.8 Å². The lowest BCUT2D eigenvalue weighted by molar-refractivity contribution is -0.136. The average Bonchev–Trinajstić information content (AvgIpc) is 3.93. The second kappa shape index (κ2) is 18.2. The predicted octanol–water partition coefficient (Wildman–Crippen LogP) is 3.48. The second-order valence-electron chi connectivity index (χ2n) is 17.7. The number of piperidine rings is 2. The minimum absolute atomic E-state index is 0.0205. The maximum Gasteiger partial charge on any atom is 0.301 e. The molecule has 3 aromatic carbocycles. The smallest absolute Gasteiger partial charge is 0.301 e. The Kier molecular flexibility index (Phi) is 12.0. The second-order valence-corrected chi connectivity index (χ2v) is 19.3. The number of imide groups is 1. The molecule has 4 fully saturated rings. The molecule has 19 nitrogen and oxygen atoms in total. The normalized spacial score (nSPS) is 20.7. The summed E-state index contributed by atoms with van der Waals surface area (Å²) in [5.74, 6) is -1.000. The highest BCUT2D eigenvalue weighted by molar-refractivity contribution is 7.90. The molecule has 7 heterocycles. The van der Waals surface area contributed by atoms with Crippen LogP contribution in [0, 0.1) is 23.1 Å². The molecule has 4 saturated heterocycles. The number of ether oxygens (including phenoxy) is 1. The number of carbonyl (C=O) groups excluding carboxylic acids is 3. The Hall–Kier alpha value is -7.09. The Morgan fingerprint density at radius 2 is 1.65 bits per heavy atom. The minimum atomic E-state index is -4.25. The highest BCUT2D eigenvalue weighted by Crippen LogP contribution is 2.36. The molecule has 0 bridgehead atoms. The molecular weight excluding hydrogens is 903 g/mol. The van der Waals surface area contributed by atoms with Crippen LogP contribution < -0.4 is 30.1 Å². The number of nitrogens with one attached hydrogen (secondary N) is 2. The first-order valence-corrected chi connectivity index (χ1v) is 23.9. The molecule has 0 aliphatic carbocycles. The molecule has 68 heavy (non-hydrogen) atoms. The first-order valence-electron chi connectivity index (χ1n) is 22.5. The van der Waals surface area contributed by atoms with Gasteiger partial charge in [-0.3, -0.25) is 34.1 Å². The average molecular weight is 949 g/mol. The molecular formula is C46H46F2N12O7S. The van der Waals surface area contributed by atoms with Crippen molar-refractivity contribution in [2.75, 3.05) is 73.4 Å². The summed E-state index contributed by atoms with van der Waals surface area (Å²) >= 11 is 0. The van der Waals surface area contributed by atoms with E-state index >= 15 is 4.39 Å². The molecule has 5 aliphatic rings. The van der Waals surface area contributed by atoms with Gasteiger partial charge in [-0.25, -0.2) is 18.3 Å². The lowest BCUT2D eigenvalue weighted by Gasteiger charge is -2.39. The minimum Gasteiger partial charge on any atom is -0.453 e. The highest BCUT2D eigenvalue weighted by atomic mass is 32.2. The van der Waals surface area contributed by atoms with Gasteiger partial charge in [0.2, 0.25) is 11.8 Å².